The smallest absolute Gasteiger partial charge is 0.0948 e. The van der Waals surface area contributed by atoms with Crippen molar-refractivity contribution in [3.8, 4) is 0 Å². The number of hydrogen-bond donors (Lipinski definition) is 1. The molecule has 0 heterocycles. The van der Waals surface area contributed by atoms with Crippen molar-refractivity contribution in [1.29, 1.82) is 0 Å². The summed E-state index contributed by atoms with van der Waals surface area (Å²) < 4.78 is 0. The Bertz CT molecular complexity index is 555. The van der Waals surface area contributed by atoms with Crippen LogP contribution >= 0.6 is 0 Å². The Kier molecular flexibility index (Phi) is 5.77. The zero-order valence-electron chi connectivity index (χ0n) is 13.4. The standard InChI is InChI=1S/C19H27NO/c1-4-13-20(14-5-2)15(3)19(21)18-12-8-10-16-9-6-7-11-17(16)18/h6-12,15,19,21H,4-5,13-14H2,1-3H3. The van der Waals surface area contributed by atoms with Crippen LogP contribution in [-0.4, -0.2) is 29.1 Å². The average molecular weight is 285 g/mol. The van der Waals surface area contributed by atoms with E-state index >= 15 is 0 Å². The van der Waals surface area contributed by atoms with Gasteiger partial charge >= 0.3 is 0 Å². The highest BCUT2D eigenvalue weighted by atomic mass is 16.3. The lowest BCUT2D eigenvalue weighted by Crippen LogP contribution is -2.38. The molecule has 1 N–H and O–H groups in total. The number of nitrogens with zero attached hydrogens (tertiary/aromatic N) is 1. The van der Waals surface area contributed by atoms with Crippen LogP contribution in [0, 0.1) is 0 Å². The first-order valence-electron chi connectivity index (χ1n) is 8.08. The fourth-order valence-electron chi connectivity index (χ4n) is 3.06. The number of hydrogen-bond acceptors (Lipinski definition) is 2. The molecule has 0 fully saturated rings. The van der Waals surface area contributed by atoms with Gasteiger partial charge in [-0.15, -0.1) is 0 Å². The van der Waals surface area contributed by atoms with Crippen LogP contribution < -0.4 is 0 Å². The van der Waals surface area contributed by atoms with Gasteiger partial charge in [0.1, 0.15) is 0 Å². The molecule has 0 aliphatic rings. The first kappa shape index (κ1) is 16.0. The van der Waals surface area contributed by atoms with Crippen LogP contribution in [0.5, 0.6) is 0 Å². The molecule has 0 radical (unpaired) electrons. The molecule has 2 unspecified atom stereocenters. The number of fused-ring (bicyclic) bond motifs is 1. The highest BCUT2D eigenvalue weighted by molar-refractivity contribution is 5.86. The van der Waals surface area contributed by atoms with Crippen molar-refractivity contribution in [3.63, 3.8) is 0 Å². The molecular weight excluding hydrogens is 258 g/mol. The Balaban J connectivity index is 2.30. The van der Waals surface area contributed by atoms with Crippen molar-refractivity contribution in [2.24, 2.45) is 0 Å². The maximum atomic E-state index is 10.9. The van der Waals surface area contributed by atoms with E-state index in [9.17, 15) is 5.11 Å². The summed E-state index contributed by atoms with van der Waals surface area (Å²) in [6, 6.07) is 14.6. The summed E-state index contributed by atoms with van der Waals surface area (Å²) in [5.41, 5.74) is 1.04. The second-order valence-electron chi connectivity index (χ2n) is 5.79. The zero-order chi connectivity index (χ0) is 15.2. The van der Waals surface area contributed by atoms with E-state index in [0.717, 1.165) is 36.9 Å². The molecule has 2 aromatic carbocycles. The van der Waals surface area contributed by atoms with Gasteiger partial charge in [-0.25, -0.2) is 0 Å². The molecule has 0 aromatic heterocycles. The molecular formula is C19H27NO. The fourth-order valence-corrected chi connectivity index (χ4v) is 3.06. The molecule has 2 nitrogen and oxygen atoms in total. The molecule has 2 rings (SSSR count). The van der Waals surface area contributed by atoms with E-state index in [-0.39, 0.29) is 6.04 Å². The van der Waals surface area contributed by atoms with Crippen LogP contribution in [0.4, 0.5) is 0 Å². The van der Waals surface area contributed by atoms with E-state index in [1.165, 1.54) is 5.39 Å². The number of benzene rings is 2. The lowest BCUT2D eigenvalue weighted by Gasteiger charge is -2.32. The van der Waals surface area contributed by atoms with Crippen LogP contribution in [0.25, 0.3) is 10.8 Å². The van der Waals surface area contributed by atoms with Gasteiger partial charge in [0.25, 0.3) is 0 Å². The number of aliphatic hydroxyl groups excluding tert-OH is 1. The lowest BCUT2D eigenvalue weighted by molar-refractivity contribution is 0.0586. The minimum Gasteiger partial charge on any atom is -0.387 e. The molecule has 0 saturated carbocycles. The summed E-state index contributed by atoms with van der Waals surface area (Å²) >= 11 is 0. The van der Waals surface area contributed by atoms with E-state index in [4.69, 9.17) is 0 Å². The predicted molar refractivity (Wildman–Crippen MR) is 90.5 cm³/mol. The lowest BCUT2D eigenvalue weighted by atomic mass is 9.96. The van der Waals surface area contributed by atoms with Gasteiger partial charge in [-0.1, -0.05) is 56.3 Å². The maximum absolute atomic E-state index is 10.9. The molecule has 2 heteroatoms. The summed E-state index contributed by atoms with van der Waals surface area (Å²) in [5.74, 6) is 0. The molecule has 0 amide bonds. The van der Waals surface area contributed by atoms with Gasteiger partial charge in [-0.2, -0.15) is 0 Å². The molecule has 0 saturated heterocycles. The molecule has 21 heavy (non-hydrogen) atoms. The third-order valence-corrected chi connectivity index (χ3v) is 4.20. The van der Waals surface area contributed by atoms with Crippen molar-refractivity contribution >= 4 is 10.8 Å². The fraction of sp³-hybridized carbons (Fsp3) is 0.474. The third kappa shape index (κ3) is 3.63. The van der Waals surface area contributed by atoms with Crippen molar-refractivity contribution in [2.45, 2.75) is 45.8 Å². The summed E-state index contributed by atoms with van der Waals surface area (Å²) in [7, 11) is 0. The van der Waals surface area contributed by atoms with Crippen molar-refractivity contribution in [2.75, 3.05) is 13.1 Å². The van der Waals surface area contributed by atoms with Gasteiger partial charge in [0.15, 0.2) is 0 Å². The Hall–Kier alpha value is -1.38. The molecule has 0 aliphatic heterocycles. The topological polar surface area (TPSA) is 23.5 Å². The first-order valence-corrected chi connectivity index (χ1v) is 8.08. The normalized spacial score (nSPS) is 14.5. The third-order valence-electron chi connectivity index (χ3n) is 4.20. The highest BCUT2D eigenvalue weighted by Gasteiger charge is 2.23. The monoisotopic (exact) mass is 285 g/mol. The van der Waals surface area contributed by atoms with Crippen molar-refractivity contribution in [3.05, 3.63) is 48.0 Å². The minimum atomic E-state index is -0.450. The summed E-state index contributed by atoms with van der Waals surface area (Å²) in [5, 5.41) is 13.2. The van der Waals surface area contributed by atoms with E-state index in [1.807, 2.05) is 18.2 Å². The molecule has 0 bridgehead atoms. The van der Waals surface area contributed by atoms with Gasteiger partial charge in [0, 0.05) is 6.04 Å². The summed E-state index contributed by atoms with van der Waals surface area (Å²) in [6.07, 6.45) is 1.79. The highest BCUT2D eigenvalue weighted by Crippen LogP contribution is 2.28. The van der Waals surface area contributed by atoms with Crippen molar-refractivity contribution < 1.29 is 5.11 Å². The van der Waals surface area contributed by atoms with Gasteiger partial charge < -0.3 is 5.11 Å². The van der Waals surface area contributed by atoms with E-state index < -0.39 is 6.10 Å². The largest absolute Gasteiger partial charge is 0.387 e. The van der Waals surface area contributed by atoms with Crippen LogP contribution in [0.15, 0.2) is 42.5 Å². The average Bonchev–Trinajstić information content (AvgIpc) is 2.52. The first-order chi connectivity index (χ1) is 10.2. The second-order valence-corrected chi connectivity index (χ2v) is 5.79. The van der Waals surface area contributed by atoms with E-state index in [0.29, 0.717) is 0 Å². The van der Waals surface area contributed by atoms with E-state index in [2.05, 4.69) is 49.9 Å². The molecule has 2 atom stereocenters. The van der Waals surface area contributed by atoms with Crippen LogP contribution in [-0.2, 0) is 0 Å². The maximum Gasteiger partial charge on any atom is 0.0948 e. The van der Waals surface area contributed by atoms with E-state index in [1.54, 1.807) is 0 Å². The number of rotatable bonds is 7. The molecule has 114 valence electrons. The SMILES string of the molecule is CCCN(CCC)C(C)C(O)c1cccc2ccccc12. The minimum absolute atomic E-state index is 0.135. The second kappa shape index (κ2) is 7.58. The summed E-state index contributed by atoms with van der Waals surface area (Å²) in [4.78, 5) is 2.40. The Morgan fingerprint density at radius 2 is 1.57 bits per heavy atom. The van der Waals surface area contributed by atoms with Gasteiger partial charge in [0.2, 0.25) is 0 Å². The molecule has 2 aromatic rings. The Morgan fingerprint density at radius 3 is 2.24 bits per heavy atom. The molecule has 0 spiro atoms. The Labute approximate surface area is 128 Å². The van der Waals surface area contributed by atoms with Crippen LogP contribution in [0.2, 0.25) is 0 Å². The predicted octanol–water partition coefficient (Wildman–Crippen LogP) is 4.38. The zero-order valence-corrected chi connectivity index (χ0v) is 13.4. The number of aliphatic hydroxyl groups is 1. The van der Waals surface area contributed by atoms with Gasteiger partial charge in [-0.05, 0) is 49.2 Å². The van der Waals surface area contributed by atoms with Crippen LogP contribution in [0.3, 0.4) is 0 Å². The summed E-state index contributed by atoms with van der Waals surface area (Å²) in [6.45, 7) is 8.60. The van der Waals surface area contributed by atoms with Crippen molar-refractivity contribution in [1.82, 2.24) is 4.90 Å². The Morgan fingerprint density at radius 1 is 0.952 bits per heavy atom. The van der Waals surface area contributed by atoms with Crippen LogP contribution in [0.1, 0.15) is 45.3 Å². The van der Waals surface area contributed by atoms with Gasteiger partial charge in [0.05, 0.1) is 6.10 Å². The quantitative estimate of drug-likeness (QED) is 0.816. The molecule has 0 aliphatic carbocycles. The van der Waals surface area contributed by atoms with Gasteiger partial charge in [-0.3, -0.25) is 4.90 Å².